The molecule has 106 valence electrons. The molecule has 0 aromatic heterocycles. The summed E-state index contributed by atoms with van der Waals surface area (Å²) in [5.41, 5.74) is 1.79. The normalized spacial score (nSPS) is 14.7. The second kappa shape index (κ2) is 6.90. The monoisotopic (exact) mass is 264 g/mol. The standard InChI is InChI=1S/C16H25FN2/c1-3-9-19(12-13-5-6-13)16-8-7-14(10-15(16)17)11-18-4-2/h7-8,10,13,18H,3-6,9,11-12H2,1-2H3. The van der Waals surface area contributed by atoms with E-state index in [0.29, 0.717) is 0 Å². The molecule has 2 nitrogen and oxygen atoms in total. The Balaban J connectivity index is 2.07. The van der Waals surface area contributed by atoms with Gasteiger partial charge in [-0.2, -0.15) is 0 Å². The molecular formula is C16H25FN2. The van der Waals surface area contributed by atoms with Crippen LogP contribution in [-0.4, -0.2) is 19.6 Å². The Bertz CT molecular complexity index is 402. The maximum absolute atomic E-state index is 14.3. The van der Waals surface area contributed by atoms with Gasteiger partial charge in [0.2, 0.25) is 0 Å². The summed E-state index contributed by atoms with van der Waals surface area (Å²) in [7, 11) is 0. The third-order valence-corrected chi connectivity index (χ3v) is 3.60. The SMILES string of the molecule is CCCN(CC1CC1)c1ccc(CNCC)cc1F. The summed E-state index contributed by atoms with van der Waals surface area (Å²) in [4.78, 5) is 2.21. The molecule has 1 aliphatic rings. The molecule has 19 heavy (non-hydrogen) atoms. The van der Waals surface area contributed by atoms with Crippen molar-refractivity contribution in [1.29, 1.82) is 0 Å². The van der Waals surface area contributed by atoms with Crippen molar-refractivity contribution in [3.8, 4) is 0 Å². The lowest BCUT2D eigenvalue weighted by molar-refractivity contribution is 0.604. The smallest absolute Gasteiger partial charge is 0.146 e. The number of rotatable bonds is 8. The van der Waals surface area contributed by atoms with Crippen LogP contribution in [0, 0.1) is 11.7 Å². The van der Waals surface area contributed by atoms with E-state index in [1.165, 1.54) is 12.8 Å². The fraction of sp³-hybridized carbons (Fsp3) is 0.625. The predicted molar refractivity (Wildman–Crippen MR) is 79.0 cm³/mol. The Labute approximate surface area is 116 Å². The summed E-state index contributed by atoms with van der Waals surface area (Å²) in [5.74, 6) is 0.705. The molecule has 1 N–H and O–H groups in total. The van der Waals surface area contributed by atoms with Crippen molar-refractivity contribution in [2.45, 2.75) is 39.7 Å². The lowest BCUT2D eigenvalue weighted by atomic mass is 10.1. The van der Waals surface area contributed by atoms with E-state index < -0.39 is 0 Å². The molecule has 3 heteroatoms. The molecule has 0 saturated heterocycles. The zero-order valence-electron chi connectivity index (χ0n) is 12.1. The molecule has 0 amide bonds. The zero-order chi connectivity index (χ0) is 13.7. The van der Waals surface area contributed by atoms with Gasteiger partial charge in [0.1, 0.15) is 5.82 Å². The van der Waals surface area contributed by atoms with Crippen LogP contribution in [0.2, 0.25) is 0 Å². The van der Waals surface area contributed by atoms with Crippen LogP contribution in [0.3, 0.4) is 0 Å². The number of hydrogen-bond acceptors (Lipinski definition) is 2. The Hall–Kier alpha value is -1.09. The summed E-state index contributed by atoms with van der Waals surface area (Å²) in [5, 5.41) is 3.23. The Kier molecular flexibility index (Phi) is 5.20. The van der Waals surface area contributed by atoms with E-state index in [0.717, 1.165) is 49.8 Å². The first-order valence-corrected chi connectivity index (χ1v) is 7.48. The molecule has 1 aliphatic carbocycles. The highest BCUT2D eigenvalue weighted by Crippen LogP contribution is 2.32. The van der Waals surface area contributed by atoms with Crippen molar-refractivity contribution in [2.75, 3.05) is 24.5 Å². The largest absolute Gasteiger partial charge is 0.369 e. The fourth-order valence-electron chi connectivity index (χ4n) is 2.38. The van der Waals surface area contributed by atoms with Gasteiger partial charge in [-0.25, -0.2) is 4.39 Å². The van der Waals surface area contributed by atoms with Crippen molar-refractivity contribution in [3.05, 3.63) is 29.6 Å². The lowest BCUT2D eigenvalue weighted by Crippen LogP contribution is -2.27. The molecule has 2 rings (SSSR count). The van der Waals surface area contributed by atoms with Crippen LogP contribution in [0.1, 0.15) is 38.7 Å². The number of nitrogens with zero attached hydrogens (tertiary/aromatic N) is 1. The third-order valence-electron chi connectivity index (χ3n) is 3.60. The molecule has 0 spiro atoms. The van der Waals surface area contributed by atoms with Gasteiger partial charge in [-0.15, -0.1) is 0 Å². The fourth-order valence-corrected chi connectivity index (χ4v) is 2.38. The summed E-state index contributed by atoms with van der Waals surface area (Å²) in [6.45, 7) is 7.81. The molecule has 0 bridgehead atoms. The number of halogens is 1. The first kappa shape index (κ1) is 14.3. The van der Waals surface area contributed by atoms with Crippen LogP contribution in [-0.2, 0) is 6.54 Å². The molecule has 0 aliphatic heterocycles. The highest BCUT2D eigenvalue weighted by atomic mass is 19.1. The van der Waals surface area contributed by atoms with E-state index in [2.05, 4.69) is 24.1 Å². The predicted octanol–water partition coefficient (Wildman–Crippen LogP) is 3.56. The third kappa shape index (κ3) is 4.20. The summed E-state index contributed by atoms with van der Waals surface area (Å²) in [6, 6.07) is 5.66. The molecule has 0 unspecified atom stereocenters. The van der Waals surface area contributed by atoms with E-state index in [1.807, 2.05) is 12.1 Å². The minimum Gasteiger partial charge on any atom is -0.369 e. The van der Waals surface area contributed by atoms with Crippen LogP contribution < -0.4 is 10.2 Å². The Morgan fingerprint density at radius 1 is 1.32 bits per heavy atom. The Morgan fingerprint density at radius 2 is 2.11 bits per heavy atom. The summed E-state index contributed by atoms with van der Waals surface area (Å²) >= 11 is 0. The van der Waals surface area contributed by atoms with Gasteiger partial charge in [0.25, 0.3) is 0 Å². The van der Waals surface area contributed by atoms with Crippen LogP contribution in [0.5, 0.6) is 0 Å². The average molecular weight is 264 g/mol. The molecule has 0 heterocycles. The minimum atomic E-state index is -0.0792. The van der Waals surface area contributed by atoms with Crippen molar-refractivity contribution < 1.29 is 4.39 Å². The second-order valence-corrected chi connectivity index (χ2v) is 5.46. The summed E-state index contributed by atoms with van der Waals surface area (Å²) in [6.07, 6.45) is 3.67. The molecular weight excluding hydrogens is 239 g/mol. The van der Waals surface area contributed by atoms with Crippen molar-refractivity contribution in [2.24, 2.45) is 5.92 Å². The van der Waals surface area contributed by atoms with Gasteiger partial charge in [-0.3, -0.25) is 0 Å². The average Bonchev–Trinajstić information content (AvgIpc) is 3.20. The Morgan fingerprint density at radius 3 is 2.68 bits per heavy atom. The first-order chi connectivity index (χ1) is 9.24. The maximum Gasteiger partial charge on any atom is 0.146 e. The molecule has 0 radical (unpaired) electrons. The molecule has 1 saturated carbocycles. The number of benzene rings is 1. The van der Waals surface area contributed by atoms with Crippen molar-refractivity contribution in [3.63, 3.8) is 0 Å². The van der Waals surface area contributed by atoms with Crippen molar-refractivity contribution >= 4 is 5.69 Å². The number of nitrogens with one attached hydrogen (secondary N) is 1. The molecule has 1 aromatic rings. The van der Waals surface area contributed by atoms with Gasteiger partial charge in [0.05, 0.1) is 5.69 Å². The first-order valence-electron chi connectivity index (χ1n) is 7.48. The second-order valence-electron chi connectivity index (χ2n) is 5.46. The molecule has 1 aromatic carbocycles. The van der Waals surface area contributed by atoms with Crippen LogP contribution in [0.15, 0.2) is 18.2 Å². The van der Waals surface area contributed by atoms with Crippen LogP contribution >= 0.6 is 0 Å². The van der Waals surface area contributed by atoms with Gasteiger partial charge in [0.15, 0.2) is 0 Å². The highest BCUT2D eigenvalue weighted by Gasteiger charge is 2.25. The van der Waals surface area contributed by atoms with E-state index in [9.17, 15) is 4.39 Å². The van der Waals surface area contributed by atoms with E-state index in [1.54, 1.807) is 6.07 Å². The van der Waals surface area contributed by atoms with Crippen LogP contribution in [0.25, 0.3) is 0 Å². The number of hydrogen-bond donors (Lipinski definition) is 1. The topological polar surface area (TPSA) is 15.3 Å². The van der Waals surface area contributed by atoms with E-state index in [4.69, 9.17) is 0 Å². The maximum atomic E-state index is 14.3. The molecule has 0 atom stereocenters. The molecule has 1 fully saturated rings. The van der Waals surface area contributed by atoms with Crippen molar-refractivity contribution in [1.82, 2.24) is 5.32 Å². The van der Waals surface area contributed by atoms with E-state index in [-0.39, 0.29) is 5.82 Å². The number of anilines is 1. The summed E-state index contributed by atoms with van der Waals surface area (Å²) < 4.78 is 14.3. The van der Waals surface area contributed by atoms with Gasteiger partial charge in [-0.1, -0.05) is 19.9 Å². The lowest BCUT2D eigenvalue weighted by Gasteiger charge is -2.25. The van der Waals surface area contributed by atoms with Gasteiger partial charge < -0.3 is 10.2 Å². The van der Waals surface area contributed by atoms with E-state index >= 15 is 0 Å². The minimum absolute atomic E-state index is 0.0792. The highest BCUT2D eigenvalue weighted by molar-refractivity contribution is 5.49. The zero-order valence-corrected chi connectivity index (χ0v) is 12.1. The van der Waals surface area contributed by atoms with Gasteiger partial charge >= 0.3 is 0 Å². The van der Waals surface area contributed by atoms with Gasteiger partial charge in [0, 0.05) is 19.6 Å². The van der Waals surface area contributed by atoms with Gasteiger partial charge in [-0.05, 0) is 49.4 Å². The quantitative estimate of drug-likeness (QED) is 0.772. The van der Waals surface area contributed by atoms with Crippen LogP contribution in [0.4, 0.5) is 10.1 Å².